The molecule has 0 aromatic heterocycles. The van der Waals surface area contributed by atoms with Gasteiger partial charge in [-0.3, -0.25) is 0 Å². The van der Waals surface area contributed by atoms with Crippen LogP contribution >= 0.6 is 0 Å². The molecule has 0 amide bonds. The van der Waals surface area contributed by atoms with E-state index in [4.69, 9.17) is 10.5 Å². The van der Waals surface area contributed by atoms with Crippen LogP contribution in [0.15, 0.2) is 0 Å². The Hall–Kier alpha value is -0.120. The van der Waals surface area contributed by atoms with Crippen LogP contribution < -0.4 is 5.73 Å². The summed E-state index contributed by atoms with van der Waals surface area (Å²) in [7, 11) is 0. The SMILES string of the molecule is CCOC1CCCN(CC(C)(CC)CN)C1. The van der Waals surface area contributed by atoms with Crippen LogP contribution in [-0.4, -0.2) is 43.8 Å². The molecule has 1 heterocycles. The van der Waals surface area contributed by atoms with Gasteiger partial charge in [-0.15, -0.1) is 0 Å². The average molecular weight is 228 g/mol. The van der Waals surface area contributed by atoms with E-state index in [0.717, 1.165) is 32.7 Å². The molecule has 2 N–H and O–H groups in total. The molecular weight excluding hydrogens is 200 g/mol. The first-order valence-corrected chi connectivity index (χ1v) is 6.67. The van der Waals surface area contributed by atoms with Gasteiger partial charge in [0.15, 0.2) is 0 Å². The Kier molecular flexibility index (Phi) is 5.73. The van der Waals surface area contributed by atoms with Crippen molar-refractivity contribution in [2.24, 2.45) is 11.1 Å². The Morgan fingerprint density at radius 2 is 2.19 bits per heavy atom. The van der Waals surface area contributed by atoms with E-state index in [1.165, 1.54) is 19.4 Å². The van der Waals surface area contributed by atoms with E-state index >= 15 is 0 Å². The molecule has 1 rings (SSSR count). The van der Waals surface area contributed by atoms with Crippen molar-refractivity contribution in [3.05, 3.63) is 0 Å². The van der Waals surface area contributed by atoms with Crippen molar-refractivity contribution in [1.82, 2.24) is 4.90 Å². The standard InChI is InChI=1S/C13H28N2O/c1-4-13(3,10-14)11-15-8-6-7-12(9-15)16-5-2/h12H,4-11,14H2,1-3H3. The molecule has 1 fully saturated rings. The van der Waals surface area contributed by atoms with Gasteiger partial charge in [0.2, 0.25) is 0 Å². The van der Waals surface area contributed by atoms with E-state index in [0.29, 0.717) is 6.10 Å². The smallest absolute Gasteiger partial charge is 0.0702 e. The van der Waals surface area contributed by atoms with Gasteiger partial charge in [0, 0.05) is 19.7 Å². The number of ether oxygens (including phenoxy) is 1. The molecule has 0 spiro atoms. The number of hydrogen-bond acceptors (Lipinski definition) is 3. The Morgan fingerprint density at radius 1 is 1.44 bits per heavy atom. The average Bonchev–Trinajstić information content (AvgIpc) is 2.30. The van der Waals surface area contributed by atoms with Gasteiger partial charge >= 0.3 is 0 Å². The molecule has 16 heavy (non-hydrogen) atoms. The van der Waals surface area contributed by atoms with Gasteiger partial charge in [-0.1, -0.05) is 13.8 Å². The van der Waals surface area contributed by atoms with E-state index in [9.17, 15) is 0 Å². The summed E-state index contributed by atoms with van der Waals surface area (Å²) in [4.78, 5) is 2.53. The number of piperidine rings is 1. The summed E-state index contributed by atoms with van der Waals surface area (Å²) in [5, 5.41) is 0. The van der Waals surface area contributed by atoms with Crippen LogP contribution in [-0.2, 0) is 4.74 Å². The maximum Gasteiger partial charge on any atom is 0.0702 e. The molecule has 0 aromatic carbocycles. The molecular formula is C13H28N2O. The fraction of sp³-hybridized carbons (Fsp3) is 1.00. The highest BCUT2D eigenvalue weighted by Gasteiger charge is 2.27. The molecule has 2 atom stereocenters. The Labute approximate surface area is 100 Å². The van der Waals surface area contributed by atoms with Gasteiger partial charge in [-0.05, 0) is 44.7 Å². The predicted molar refractivity (Wildman–Crippen MR) is 68.5 cm³/mol. The van der Waals surface area contributed by atoms with E-state index in [1.807, 2.05) is 0 Å². The van der Waals surface area contributed by atoms with Gasteiger partial charge in [-0.2, -0.15) is 0 Å². The molecule has 3 nitrogen and oxygen atoms in total. The largest absolute Gasteiger partial charge is 0.377 e. The highest BCUT2D eigenvalue weighted by molar-refractivity contribution is 4.82. The van der Waals surface area contributed by atoms with Crippen molar-refractivity contribution in [3.8, 4) is 0 Å². The molecule has 0 bridgehead atoms. The number of hydrogen-bond donors (Lipinski definition) is 1. The minimum atomic E-state index is 0.272. The lowest BCUT2D eigenvalue weighted by Gasteiger charge is -2.38. The van der Waals surface area contributed by atoms with Crippen LogP contribution in [0.25, 0.3) is 0 Å². The van der Waals surface area contributed by atoms with Gasteiger partial charge in [-0.25, -0.2) is 0 Å². The van der Waals surface area contributed by atoms with Crippen LogP contribution in [0.2, 0.25) is 0 Å². The maximum absolute atomic E-state index is 5.87. The normalized spacial score (nSPS) is 26.6. The molecule has 0 aliphatic carbocycles. The third-order valence-corrected chi connectivity index (χ3v) is 3.82. The zero-order valence-corrected chi connectivity index (χ0v) is 11.2. The molecule has 96 valence electrons. The Bertz CT molecular complexity index is 190. The maximum atomic E-state index is 5.87. The minimum absolute atomic E-state index is 0.272. The Morgan fingerprint density at radius 3 is 2.75 bits per heavy atom. The van der Waals surface area contributed by atoms with Crippen molar-refractivity contribution in [2.75, 3.05) is 32.8 Å². The third-order valence-electron chi connectivity index (χ3n) is 3.82. The second-order valence-corrected chi connectivity index (χ2v) is 5.32. The van der Waals surface area contributed by atoms with Crippen molar-refractivity contribution in [1.29, 1.82) is 0 Å². The minimum Gasteiger partial charge on any atom is -0.377 e. The zero-order valence-electron chi connectivity index (χ0n) is 11.2. The number of nitrogens with zero attached hydrogens (tertiary/aromatic N) is 1. The fourth-order valence-electron chi connectivity index (χ4n) is 2.39. The quantitative estimate of drug-likeness (QED) is 0.754. The monoisotopic (exact) mass is 228 g/mol. The first-order valence-electron chi connectivity index (χ1n) is 6.67. The van der Waals surface area contributed by atoms with Gasteiger partial charge < -0.3 is 15.4 Å². The first-order chi connectivity index (χ1) is 7.63. The van der Waals surface area contributed by atoms with E-state index < -0.39 is 0 Å². The van der Waals surface area contributed by atoms with Crippen molar-refractivity contribution >= 4 is 0 Å². The Balaban J connectivity index is 2.41. The first kappa shape index (κ1) is 13.9. The van der Waals surface area contributed by atoms with E-state index in [2.05, 4.69) is 25.7 Å². The molecule has 1 aliphatic rings. The topological polar surface area (TPSA) is 38.5 Å². The van der Waals surface area contributed by atoms with Crippen molar-refractivity contribution in [3.63, 3.8) is 0 Å². The van der Waals surface area contributed by atoms with Crippen LogP contribution in [0.4, 0.5) is 0 Å². The summed E-state index contributed by atoms with van der Waals surface area (Å²) in [6.07, 6.45) is 4.07. The van der Waals surface area contributed by atoms with Crippen LogP contribution in [0.5, 0.6) is 0 Å². The highest BCUT2D eigenvalue weighted by Crippen LogP contribution is 2.23. The fourth-order valence-corrected chi connectivity index (χ4v) is 2.39. The van der Waals surface area contributed by atoms with Crippen LogP contribution in [0, 0.1) is 5.41 Å². The van der Waals surface area contributed by atoms with Crippen molar-refractivity contribution in [2.45, 2.75) is 46.1 Å². The molecule has 2 unspecified atom stereocenters. The lowest BCUT2D eigenvalue weighted by atomic mass is 9.86. The molecule has 0 aromatic rings. The summed E-state index contributed by atoms with van der Waals surface area (Å²) in [5.41, 5.74) is 6.14. The summed E-state index contributed by atoms with van der Waals surface area (Å²) in [6.45, 7) is 11.6. The summed E-state index contributed by atoms with van der Waals surface area (Å²) >= 11 is 0. The lowest BCUT2D eigenvalue weighted by molar-refractivity contribution is -0.00484. The second kappa shape index (κ2) is 6.58. The lowest BCUT2D eigenvalue weighted by Crippen LogP contribution is -2.46. The van der Waals surface area contributed by atoms with Crippen LogP contribution in [0.1, 0.15) is 40.0 Å². The number of rotatable bonds is 6. The zero-order chi connectivity index (χ0) is 12.0. The number of nitrogens with two attached hydrogens (primary N) is 1. The highest BCUT2D eigenvalue weighted by atomic mass is 16.5. The molecule has 1 saturated heterocycles. The molecule has 1 aliphatic heterocycles. The molecule has 0 saturated carbocycles. The second-order valence-electron chi connectivity index (χ2n) is 5.32. The number of likely N-dealkylation sites (tertiary alicyclic amines) is 1. The van der Waals surface area contributed by atoms with Gasteiger partial charge in [0.05, 0.1) is 6.10 Å². The summed E-state index contributed by atoms with van der Waals surface area (Å²) in [6, 6.07) is 0. The summed E-state index contributed by atoms with van der Waals surface area (Å²) < 4.78 is 5.72. The molecule has 3 heteroatoms. The predicted octanol–water partition coefficient (Wildman–Crippen LogP) is 1.86. The van der Waals surface area contributed by atoms with Gasteiger partial charge in [0.1, 0.15) is 0 Å². The summed E-state index contributed by atoms with van der Waals surface area (Å²) in [5.74, 6) is 0. The van der Waals surface area contributed by atoms with E-state index in [-0.39, 0.29) is 5.41 Å². The van der Waals surface area contributed by atoms with Crippen LogP contribution in [0.3, 0.4) is 0 Å². The molecule has 0 radical (unpaired) electrons. The van der Waals surface area contributed by atoms with E-state index in [1.54, 1.807) is 0 Å². The third kappa shape index (κ3) is 4.04. The van der Waals surface area contributed by atoms with Gasteiger partial charge in [0.25, 0.3) is 0 Å². The van der Waals surface area contributed by atoms with Crippen molar-refractivity contribution < 1.29 is 4.74 Å².